The van der Waals surface area contributed by atoms with Crippen LogP contribution in [0.1, 0.15) is 20.8 Å². The highest BCUT2D eigenvalue weighted by atomic mass is 19.1. The summed E-state index contributed by atoms with van der Waals surface area (Å²) in [6.45, 7) is 5.58. The molecule has 1 amide bonds. The molecule has 16 heavy (non-hydrogen) atoms. The number of benzene rings is 1. The fourth-order valence-electron chi connectivity index (χ4n) is 1.17. The molecule has 1 atom stereocenters. The van der Waals surface area contributed by atoms with Gasteiger partial charge in [0.1, 0.15) is 5.82 Å². The SMILES string of the molecule is CC(C)(C)C(N)C(=O)Nc1ccccc1F. The summed E-state index contributed by atoms with van der Waals surface area (Å²) in [4.78, 5) is 11.7. The lowest BCUT2D eigenvalue weighted by molar-refractivity contribution is -0.119. The Bertz CT molecular complexity index is 385. The van der Waals surface area contributed by atoms with Gasteiger partial charge in [-0.05, 0) is 17.5 Å². The number of nitrogens with one attached hydrogen (secondary N) is 1. The Kier molecular flexibility index (Phi) is 3.65. The molecule has 0 fully saturated rings. The number of amides is 1. The van der Waals surface area contributed by atoms with E-state index in [9.17, 15) is 9.18 Å². The maximum absolute atomic E-state index is 13.3. The predicted octanol–water partition coefficient (Wildman–Crippen LogP) is 2.14. The Balaban J connectivity index is 2.76. The van der Waals surface area contributed by atoms with Gasteiger partial charge < -0.3 is 11.1 Å². The molecule has 1 unspecified atom stereocenters. The third kappa shape index (κ3) is 3.03. The molecule has 0 aliphatic carbocycles. The van der Waals surface area contributed by atoms with Gasteiger partial charge in [-0.1, -0.05) is 32.9 Å². The summed E-state index contributed by atoms with van der Waals surface area (Å²) in [5.41, 5.74) is 5.57. The van der Waals surface area contributed by atoms with Crippen LogP contribution in [0.15, 0.2) is 24.3 Å². The van der Waals surface area contributed by atoms with Gasteiger partial charge >= 0.3 is 0 Å². The standard InChI is InChI=1S/C12H17FN2O/c1-12(2,3)10(14)11(16)15-9-7-5-4-6-8(9)13/h4-7,10H,14H2,1-3H3,(H,15,16). The van der Waals surface area contributed by atoms with Gasteiger partial charge in [0, 0.05) is 0 Å². The van der Waals surface area contributed by atoms with Crippen molar-refractivity contribution in [2.75, 3.05) is 5.32 Å². The first-order valence-corrected chi connectivity index (χ1v) is 5.13. The van der Waals surface area contributed by atoms with Crippen LogP contribution in [0.25, 0.3) is 0 Å². The van der Waals surface area contributed by atoms with E-state index < -0.39 is 11.9 Å². The minimum atomic E-state index is -0.674. The van der Waals surface area contributed by atoms with Crippen LogP contribution in [0.3, 0.4) is 0 Å². The van der Waals surface area contributed by atoms with E-state index in [2.05, 4.69) is 5.32 Å². The summed E-state index contributed by atoms with van der Waals surface area (Å²) in [5, 5.41) is 2.48. The minimum absolute atomic E-state index is 0.159. The second-order valence-corrected chi connectivity index (χ2v) is 4.81. The normalized spacial score (nSPS) is 13.3. The molecule has 0 spiro atoms. The Morgan fingerprint density at radius 2 is 1.94 bits per heavy atom. The molecule has 0 aliphatic heterocycles. The lowest BCUT2D eigenvalue weighted by atomic mass is 9.87. The molecule has 0 heterocycles. The Morgan fingerprint density at radius 3 is 2.44 bits per heavy atom. The zero-order valence-corrected chi connectivity index (χ0v) is 9.75. The first-order valence-electron chi connectivity index (χ1n) is 5.13. The average Bonchev–Trinajstić information content (AvgIpc) is 2.19. The number of hydrogen-bond donors (Lipinski definition) is 2. The van der Waals surface area contributed by atoms with Crippen LogP contribution in [0.5, 0.6) is 0 Å². The van der Waals surface area contributed by atoms with E-state index >= 15 is 0 Å². The van der Waals surface area contributed by atoms with Crippen LogP contribution in [-0.4, -0.2) is 11.9 Å². The van der Waals surface area contributed by atoms with Gasteiger partial charge in [-0.3, -0.25) is 4.79 Å². The van der Waals surface area contributed by atoms with Gasteiger partial charge in [-0.25, -0.2) is 4.39 Å². The maximum Gasteiger partial charge on any atom is 0.241 e. The summed E-state index contributed by atoms with van der Waals surface area (Å²) < 4.78 is 13.3. The molecule has 1 aromatic carbocycles. The third-order valence-corrected chi connectivity index (χ3v) is 2.35. The smallest absolute Gasteiger partial charge is 0.241 e. The van der Waals surface area contributed by atoms with Crippen LogP contribution < -0.4 is 11.1 Å². The fraction of sp³-hybridized carbons (Fsp3) is 0.417. The van der Waals surface area contributed by atoms with Crippen LogP contribution in [-0.2, 0) is 4.79 Å². The molecule has 1 rings (SSSR count). The zero-order chi connectivity index (χ0) is 12.3. The Morgan fingerprint density at radius 1 is 1.38 bits per heavy atom. The zero-order valence-electron chi connectivity index (χ0n) is 9.75. The fourth-order valence-corrected chi connectivity index (χ4v) is 1.17. The second kappa shape index (κ2) is 4.61. The first kappa shape index (κ1) is 12.6. The number of nitrogens with two attached hydrogens (primary N) is 1. The molecule has 0 bridgehead atoms. The van der Waals surface area contributed by atoms with Gasteiger partial charge in [0.15, 0.2) is 0 Å². The lowest BCUT2D eigenvalue weighted by Crippen LogP contribution is -2.45. The van der Waals surface area contributed by atoms with E-state index in [1.54, 1.807) is 12.1 Å². The molecule has 0 saturated carbocycles. The van der Waals surface area contributed by atoms with Crippen LogP contribution in [0.2, 0.25) is 0 Å². The van der Waals surface area contributed by atoms with E-state index in [1.165, 1.54) is 12.1 Å². The second-order valence-electron chi connectivity index (χ2n) is 4.81. The number of halogens is 1. The van der Waals surface area contributed by atoms with Gasteiger partial charge in [-0.15, -0.1) is 0 Å². The highest BCUT2D eigenvalue weighted by Gasteiger charge is 2.27. The number of para-hydroxylation sites is 1. The van der Waals surface area contributed by atoms with Gasteiger partial charge in [0.25, 0.3) is 0 Å². The molecule has 0 saturated heterocycles. The summed E-state index contributed by atoms with van der Waals surface area (Å²) in [5.74, 6) is -0.838. The monoisotopic (exact) mass is 224 g/mol. The molecular formula is C12H17FN2O. The van der Waals surface area contributed by atoms with Crippen molar-refractivity contribution < 1.29 is 9.18 Å². The van der Waals surface area contributed by atoms with Crippen molar-refractivity contribution >= 4 is 11.6 Å². The van der Waals surface area contributed by atoms with Crippen molar-refractivity contribution in [1.29, 1.82) is 0 Å². The molecular weight excluding hydrogens is 207 g/mol. The molecule has 88 valence electrons. The van der Waals surface area contributed by atoms with E-state index in [4.69, 9.17) is 5.73 Å². The average molecular weight is 224 g/mol. The van der Waals surface area contributed by atoms with Gasteiger partial charge in [0.2, 0.25) is 5.91 Å². The summed E-state index contributed by atoms with van der Waals surface area (Å²) in [6, 6.07) is 5.34. The van der Waals surface area contributed by atoms with Crippen LogP contribution in [0, 0.1) is 11.2 Å². The summed E-state index contributed by atoms with van der Waals surface area (Å²) >= 11 is 0. The van der Waals surface area contributed by atoms with Crippen molar-refractivity contribution in [1.82, 2.24) is 0 Å². The Labute approximate surface area is 94.8 Å². The lowest BCUT2D eigenvalue weighted by Gasteiger charge is -2.25. The van der Waals surface area contributed by atoms with E-state index in [0.717, 1.165) is 0 Å². The Hall–Kier alpha value is -1.42. The number of carbonyl (C=O) groups is 1. The van der Waals surface area contributed by atoms with Crippen molar-refractivity contribution in [2.45, 2.75) is 26.8 Å². The first-order chi connectivity index (χ1) is 7.32. The molecule has 0 aliphatic rings. The van der Waals surface area contributed by atoms with E-state index in [0.29, 0.717) is 0 Å². The summed E-state index contributed by atoms with van der Waals surface area (Å²) in [7, 11) is 0. The maximum atomic E-state index is 13.3. The van der Waals surface area contributed by atoms with Crippen molar-refractivity contribution in [2.24, 2.45) is 11.1 Å². The predicted molar refractivity (Wildman–Crippen MR) is 62.5 cm³/mol. The molecule has 3 nitrogen and oxygen atoms in total. The molecule has 0 aromatic heterocycles. The quantitative estimate of drug-likeness (QED) is 0.808. The number of rotatable bonds is 2. The largest absolute Gasteiger partial charge is 0.322 e. The highest BCUT2D eigenvalue weighted by molar-refractivity contribution is 5.95. The number of hydrogen-bond acceptors (Lipinski definition) is 2. The van der Waals surface area contributed by atoms with Crippen molar-refractivity contribution in [3.8, 4) is 0 Å². The van der Waals surface area contributed by atoms with Crippen LogP contribution in [0.4, 0.5) is 10.1 Å². The number of anilines is 1. The minimum Gasteiger partial charge on any atom is -0.322 e. The van der Waals surface area contributed by atoms with Crippen LogP contribution >= 0.6 is 0 Å². The number of carbonyl (C=O) groups excluding carboxylic acids is 1. The summed E-state index contributed by atoms with van der Waals surface area (Å²) in [6.07, 6.45) is 0. The highest BCUT2D eigenvalue weighted by Crippen LogP contribution is 2.19. The topological polar surface area (TPSA) is 55.1 Å². The van der Waals surface area contributed by atoms with E-state index in [1.807, 2.05) is 20.8 Å². The third-order valence-electron chi connectivity index (χ3n) is 2.35. The molecule has 3 N–H and O–H groups in total. The molecule has 4 heteroatoms. The molecule has 1 aromatic rings. The van der Waals surface area contributed by atoms with Gasteiger partial charge in [-0.2, -0.15) is 0 Å². The van der Waals surface area contributed by atoms with Crippen molar-refractivity contribution in [3.63, 3.8) is 0 Å². The molecule has 0 radical (unpaired) electrons. The van der Waals surface area contributed by atoms with Crippen molar-refractivity contribution in [3.05, 3.63) is 30.1 Å². The van der Waals surface area contributed by atoms with Gasteiger partial charge in [0.05, 0.1) is 11.7 Å². The van der Waals surface area contributed by atoms with E-state index in [-0.39, 0.29) is 17.0 Å².